The van der Waals surface area contributed by atoms with Crippen LogP contribution in [0.4, 0.5) is 17.1 Å². The minimum Gasteiger partial charge on any atom is -0.456 e. The van der Waals surface area contributed by atoms with Crippen molar-refractivity contribution >= 4 is 60.5 Å². The number of nitrogens with zero attached hydrogens (tertiary/aromatic N) is 1. The van der Waals surface area contributed by atoms with E-state index < -0.39 is 0 Å². The van der Waals surface area contributed by atoms with Crippen molar-refractivity contribution in [3.63, 3.8) is 0 Å². The van der Waals surface area contributed by atoms with Gasteiger partial charge in [0.05, 0.1) is 0 Å². The van der Waals surface area contributed by atoms with Crippen molar-refractivity contribution in [3.05, 3.63) is 224 Å². The molecule has 0 N–H and O–H groups in total. The Morgan fingerprint density at radius 2 is 0.690 bits per heavy atom. The number of hydrogen-bond acceptors (Lipinski definition) is 2. The minimum atomic E-state index is 0.873. The van der Waals surface area contributed by atoms with Gasteiger partial charge in [-0.05, 0) is 115 Å². The summed E-state index contributed by atoms with van der Waals surface area (Å²) < 4.78 is 6.34. The quantitative estimate of drug-likeness (QED) is 0.151. The number of para-hydroxylation sites is 1. The van der Waals surface area contributed by atoms with Gasteiger partial charge < -0.3 is 9.32 Å². The van der Waals surface area contributed by atoms with Crippen LogP contribution >= 0.6 is 0 Å². The molecule has 0 amide bonds. The van der Waals surface area contributed by atoms with Gasteiger partial charge in [-0.2, -0.15) is 0 Å². The zero-order chi connectivity index (χ0) is 38.4. The monoisotopic (exact) mass is 739 g/mol. The molecule has 0 unspecified atom stereocenters. The standard InChI is InChI=1S/C56H37NO/c1-5-17-38(18-6-1)45-32-29-42(35-50(45)39-19-7-2-8-20-39)57(44-31-34-54-51(36-44)48-26-15-16-28-53(48)58-54)43-30-33-47-46-25-13-14-27-49(46)55(40-21-9-3-10-22-40)56(52(47)37-43)41-23-11-4-12-24-41/h1-37H. The van der Waals surface area contributed by atoms with Gasteiger partial charge in [0.15, 0.2) is 0 Å². The molecule has 1 aromatic heterocycles. The molecule has 11 rings (SSSR count). The Balaban J connectivity index is 1.22. The SMILES string of the molecule is c1ccc(-c2ccc(N(c3ccc4c(c3)c(-c3ccccc3)c(-c3ccccc3)c3ccccc34)c3ccc4oc5ccccc5c4c3)cc2-c2ccccc2)cc1. The smallest absolute Gasteiger partial charge is 0.135 e. The fourth-order valence-electron chi connectivity index (χ4n) is 8.83. The van der Waals surface area contributed by atoms with E-state index >= 15 is 0 Å². The van der Waals surface area contributed by atoms with Gasteiger partial charge in [-0.1, -0.05) is 176 Å². The largest absolute Gasteiger partial charge is 0.456 e. The predicted octanol–water partition coefficient (Wildman–Crippen LogP) is 16.0. The molecule has 2 nitrogen and oxygen atoms in total. The maximum Gasteiger partial charge on any atom is 0.135 e. The van der Waals surface area contributed by atoms with Gasteiger partial charge in [0, 0.05) is 27.8 Å². The third kappa shape index (κ3) is 5.74. The van der Waals surface area contributed by atoms with Crippen molar-refractivity contribution in [3.8, 4) is 44.5 Å². The van der Waals surface area contributed by atoms with E-state index in [1.165, 1.54) is 66.1 Å². The van der Waals surface area contributed by atoms with E-state index in [0.717, 1.165) is 39.0 Å². The van der Waals surface area contributed by atoms with Crippen LogP contribution in [-0.4, -0.2) is 0 Å². The lowest BCUT2D eigenvalue weighted by molar-refractivity contribution is 0.669. The first-order chi connectivity index (χ1) is 28.8. The molecule has 10 aromatic carbocycles. The lowest BCUT2D eigenvalue weighted by Gasteiger charge is -2.28. The van der Waals surface area contributed by atoms with Crippen molar-refractivity contribution in [1.82, 2.24) is 0 Å². The molecule has 0 aliphatic rings. The maximum atomic E-state index is 6.34. The second kappa shape index (κ2) is 14.1. The Morgan fingerprint density at radius 1 is 0.259 bits per heavy atom. The fourth-order valence-corrected chi connectivity index (χ4v) is 8.83. The Morgan fingerprint density at radius 3 is 1.34 bits per heavy atom. The summed E-state index contributed by atoms with van der Waals surface area (Å²) in [6.45, 7) is 0. The van der Waals surface area contributed by atoms with Crippen molar-refractivity contribution in [1.29, 1.82) is 0 Å². The summed E-state index contributed by atoms with van der Waals surface area (Å²) >= 11 is 0. The molecule has 0 fully saturated rings. The molecule has 0 spiro atoms. The second-order valence-corrected chi connectivity index (χ2v) is 14.8. The summed E-state index contributed by atoms with van der Waals surface area (Å²) in [6.07, 6.45) is 0. The average Bonchev–Trinajstić information content (AvgIpc) is 3.68. The van der Waals surface area contributed by atoms with Crippen LogP contribution in [0, 0.1) is 0 Å². The van der Waals surface area contributed by atoms with Crippen LogP contribution in [0.2, 0.25) is 0 Å². The van der Waals surface area contributed by atoms with Crippen LogP contribution < -0.4 is 4.90 Å². The van der Waals surface area contributed by atoms with Gasteiger partial charge in [-0.15, -0.1) is 0 Å². The van der Waals surface area contributed by atoms with Crippen LogP contribution in [0.15, 0.2) is 229 Å². The van der Waals surface area contributed by atoms with E-state index in [1.54, 1.807) is 0 Å². The summed E-state index contributed by atoms with van der Waals surface area (Å²) in [5, 5.41) is 7.09. The van der Waals surface area contributed by atoms with E-state index in [2.05, 4.69) is 217 Å². The zero-order valence-corrected chi connectivity index (χ0v) is 31.7. The highest BCUT2D eigenvalue weighted by atomic mass is 16.3. The highest BCUT2D eigenvalue weighted by molar-refractivity contribution is 6.22. The maximum absolute atomic E-state index is 6.34. The Labute approximate surface area is 337 Å². The molecule has 0 saturated heterocycles. The molecule has 11 aromatic rings. The predicted molar refractivity (Wildman–Crippen MR) is 245 cm³/mol. The first-order valence-corrected chi connectivity index (χ1v) is 19.8. The number of furan rings is 1. The molecule has 0 atom stereocenters. The van der Waals surface area contributed by atoms with Gasteiger partial charge in [-0.25, -0.2) is 0 Å². The van der Waals surface area contributed by atoms with Crippen LogP contribution in [0.3, 0.4) is 0 Å². The van der Waals surface area contributed by atoms with Crippen LogP contribution in [0.5, 0.6) is 0 Å². The normalized spacial score (nSPS) is 11.4. The number of rotatable bonds is 7. The van der Waals surface area contributed by atoms with E-state index in [9.17, 15) is 0 Å². The van der Waals surface area contributed by atoms with Crippen LogP contribution in [0.25, 0.3) is 88.0 Å². The molecule has 0 saturated carbocycles. The van der Waals surface area contributed by atoms with E-state index in [0.29, 0.717) is 0 Å². The summed E-state index contributed by atoms with van der Waals surface area (Å²) in [4.78, 5) is 2.41. The van der Waals surface area contributed by atoms with E-state index in [1.807, 2.05) is 12.1 Å². The first kappa shape index (κ1) is 33.6. The molecular weight excluding hydrogens is 703 g/mol. The Hall–Kier alpha value is -7.68. The van der Waals surface area contributed by atoms with Gasteiger partial charge >= 0.3 is 0 Å². The molecule has 58 heavy (non-hydrogen) atoms. The summed E-state index contributed by atoms with van der Waals surface area (Å²) in [6, 6.07) is 80.8. The lowest BCUT2D eigenvalue weighted by Crippen LogP contribution is -2.10. The van der Waals surface area contributed by atoms with Crippen molar-refractivity contribution in [2.45, 2.75) is 0 Å². The van der Waals surface area contributed by atoms with Crippen molar-refractivity contribution in [2.75, 3.05) is 4.90 Å². The molecule has 0 bridgehead atoms. The number of benzene rings is 10. The molecule has 0 radical (unpaired) electrons. The number of anilines is 3. The first-order valence-electron chi connectivity index (χ1n) is 19.8. The van der Waals surface area contributed by atoms with Gasteiger partial charge in [-0.3, -0.25) is 0 Å². The van der Waals surface area contributed by atoms with Gasteiger partial charge in [0.2, 0.25) is 0 Å². The van der Waals surface area contributed by atoms with Crippen LogP contribution in [0.1, 0.15) is 0 Å². The lowest BCUT2D eigenvalue weighted by atomic mass is 9.85. The second-order valence-electron chi connectivity index (χ2n) is 14.8. The van der Waals surface area contributed by atoms with Crippen molar-refractivity contribution < 1.29 is 4.42 Å². The fraction of sp³-hybridized carbons (Fsp3) is 0. The number of fused-ring (bicyclic) bond motifs is 6. The Bertz CT molecular complexity index is 3260. The van der Waals surface area contributed by atoms with E-state index in [4.69, 9.17) is 4.42 Å². The summed E-state index contributed by atoms with van der Waals surface area (Å²) in [5.74, 6) is 0. The molecule has 1 heterocycles. The minimum absolute atomic E-state index is 0.873. The van der Waals surface area contributed by atoms with E-state index in [-0.39, 0.29) is 0 Å². The average molecular weight is 740 g/mol. The molecule has 0 aliphatic heterocycles. The highest BCUT2D eigenvalue weighted by Gasteiger charge is 2.22. The molecular formula is C56H37NO. The summed E-state index contributed by atoms with van der Waals surface area (Å²) in [7, 11) is 0. The van der Waals surface area contributed by atoms with Gasteiger partial charge in [0.1, 0.15) is 11.2 Å². The summed E-state index contributed by atoms with van der Waals surface area (Å²) in [5.41, 5.74) is 14.5. The van der Waals surface area contributed by atoms with Gasteiger partial charge in [0.25, 0.3) is 0 Å². The van der Waals surface area contributed by atoms with Crippen molar-refractivity contribution in [2.24, 2.45) is 0 Å². The molecule has 2 heteroatoms. The van der Waals surface area contributed by atoms with Crippen LogP contribution in [-0.2, 0) is 0 Å². The topological polar surface area (TPSA) is 16.4 Å². The molecule has 272 valence electrons. The Kier molecular flexibility index (Phi) is 8.19. The number of hydrogen-bond donors (Lipinski definition) is 0. The molecule has 0 aliphatic carbocycles. The highest BCUT2D eigenvalue weighted by Crippen LogP contribution is 2.48. The third-order valence-corrected chi connectivity index (χ3v) is 11.4. The third-order valence-electron chi connectivity index (χ3n) is 11.4. The zero-order valence-electron chi connectivity index (χ0n) is 31.7.